The lowest BCUT2D eigenvalue weighted by molar-refractivity contribution is 0.116. The summed E-state index contributed by atoms with van der Waals surface area (Å²) in [6.07, 6.45) is 1.13. The first-order valence-corrected chi connectivity index (χ1v) is 8.44. The highest BCUT2D eigenvalue weighted by Gasteiger charge is 2.44. The molecular weight excluding hydrogens is 260 g/mol. The predicted molar refractivity (Wildman–Crippen MR) is 90.3 cm³/mol. The Hall–Kier alpha value is -0.420. The predicted octanol–water partition coefficient (Wildman–Crippen LogP) is 2.00. The smallest absolute Gasteiger partial charge is 0.0489 e. The lowest BCUT2D eigenvalue weighted by Gasteiger charge is -2.49. The van der Waals surface area contributed by atoms with Crippen LogP contribution in [0.3, 0.4) is 0 Å². The summed E-state index contributed by atoms with van der Waals surface area (Å²) in [4.78, 5) is 5.18. The van der Waals surface area contributed by atoms with E-state index in [0.717, 1.165) is 45.9 Å². The summed E-state index contributed by atoms with van der Waals surface area (Å²) in [5, 5.41) is 6.98. The van der Waals surface area contributed by atoms with Crippen molar-refractivity contribution in [3.05, 3.63) is 11.1 Å². The Morgan fingerprint density at radius 3 is 1.62 bits per heavy atom. The van der Waals surface area contributed by atoms with Gasteiger partial charge in [-0.3, -0.25) is 9.80 Å². The normalized spacial score (nSPS) is 22.0. The molecule has 4 heteroatoms. The van der Waals surface area contributed by atoms with Gasteiger partial charge in [-0.25, -0.2) is 0 Å². The van der Waals surface area contributed by atoms with Gasteiger partial charge in [-0.1, -0.05) is 12.5 Å². The van der Waals surface area contributed by atoms with Crippen LogP contribution in [-0.4, -0.2) is 60.4 Å². The van der Waals surface area contributed by atoms with E-state index in [1.807, 2.05) is 0 Å². The Bertz CT molecular complexity index is 356. The number of rotatable bonds is 5. The van der Waals surface area contributed by atoms with Crippen molar-refractivity contribution in [2.45, 2.75) is 59.0 Å². The van der Waals surface area contributed by atoms with Crippen molar-refractivity contribution in [2.24, 2.45) is 0 Å². The summed E-state index contributed by atoms with van der Waals surface area (Å²) in [5.41, 5.74) is 3.33. The Labute approximate surface area is 130 Å². The Morgan fingerprint density at radius 1 is 0.905 bits per heavy atom. The van der Waals surface area contributed by atoms with Crippen LogP contribution >= 0.6 is 0 Å². The van der Waals surface area contributed by atoms with Crippen LogP contribution in [0.1, 0.15) is 48.0 Å². The fourth-order valence-corrected chi connectivity index (χ4v) is 4.25. The van der Waals surface area contributed by atoms with Gasteiger partial charge in [-0.15, -0.1) is 0 Å². The van der Waals surface area contributed by atoms with Crippen molar-refractivity contribution in [2.75, 3.05) is 39.5 Å². The maximum Gasteiger partial charge on any atom is 0.0489 e. The highest BCUT2D eigenvalue weighted by Crippen LogP contribution is 2.39. The molecular formula is C17H34N4. The maximum absolute atomic E-state index is 3.49. The average Bonchev–Trinajstić information content (AvgIpc) is 3.11. The van der Waals surface area contributed by atoms with Crippen LogP contribution in [0.15, 0.2) is 11.1 Å². The molecule has 2 saturated heterocycles. The molecule has 0 bridgehead atoms. The molecule has 2 heterocycles. The van der Waals surface area contributed by atoms with E-state index in [1.165, 1.54) is 0 Å². The van der Waals surface area contributed by atoms with Crippen molar-refractivity contribution >= 4 is 0 Å². The van der Waals surface area contributed by atoms with Gasteiger partial charge in [0.05, 0.1) is 0 Å². The monoisotopic (exact) mass is 294 g/mol. The quantitative estimate of drug-likeness (QED) is 0.759. The van der Waals surface area contributed by atoms with Crippen molar-refractivity contribution in [1.82, 2.24) is 20.4 Å². The summed E-state index contributed by atoms with van der Waals surface area (Å²) < 4.78 is 0. The molecule has 0 aliphatic carbocycles. The van der Waals surface area contributed by atoms with Crippen molar-refractivity contribution < 1.29 is 0 Å². The minimum atomic E-state index is 0.0929. The number of hydrogen-bond donors (Lipinski definition) is 2. The van der Waals surface area contributed by atoms with Gasteiger partial charge >= 0.3 is 0 Å². The number of allylic oxidation sites excluding steroid dienone is 1. The topological polar surface area (TPSA) is 30.5 Å². The molecule has 0 aromatic rings. The average molecular weight is 294 g/mol. The standard InChI is InChI=1S/C17H34N4/c1-7-14(2)15(16(3,4)20-10-8-18-12-20)17(5,6)21-11-9-19-13-21/h18-19H,7-13H2,1-6H3. The summed E-state index contributed by atoms with van der Waals surface area (Å²) in [5.74, 6) is 0. The van der Waals surface area contributed by atoms with Crippen LogP contribution in [-0.2, 0) is 0 Å². The van der Waals surface area contributed by atoms with Crippen molar-refractivity contribution in [3.8, 4) is 0 Å². The highest BCUT2D eigenvalue weighted by molar-refractivity contribution is 5.34. The van der Waals surface area contributed by atoms with Crippen LogP contribution in [0, 0.1) is 0 Å². The molecule has 122 valence electrons. The largest absolute Gasteiger partial charge is 0.303 e. The number of nitrogens with one attached hydrogen (secondary N) is 2. The third kappa shape index (κ3) is 3.19. The molecule has 21 heavy (non-hydrogen) atoms. The molecule has 0 amide bonds. The van der Waals surface area contributed by atoms with E-state index >= 15 is 0 Å². The fourth-order valence-electron chi connectivity index (χ4n) is 4.25. The molecule has 0 radical (unpaired) electrons. The van der Waals surface area contributed by atoms with Crippen LogP contribution in [0.2, 0.25) is 0 Å². The van der Waals surface area contributed by atoms with Crippen LogP contribution < -0.4 is 10.6 Å². The van der Waals surface area contributed by atoms with Gasteiger partial charge in [0.15, 0.2) is 0 Å². The van der Waals surface area contributed by atoms with E-state index in [9.17, 15) is 0 Å². The van der Waals surface area contributed by atoms with E-state index in [4.69, 9.17) is 0 Å². The summed E-state index contributed by atoms with van der Waals surface area (Å²) in [6, 6.07) is 0. The van der Waals surface area contributed by atoms with Gasteiger partial charge in [0.1, 0.15) is 0 Å². The lowest BCUT2D eigenvalue weighted by Crippen LogP contribution is -2.56. The second kappa shape index (κ2) is 6.37. The first kappa shape index (κ1) is 16.9. The molecule has 2 N–H and O–H groups in total. The highest BCUT2D eigenvalue weighted by atomic mass is 15.4. The third-order valence-corrected chi connectivity index (χ3v) is 5.48. The molecule has 2 aliphatic rings. The zero-order valence-corrected chi connectivity index (χ0v) is 14.8. The Kier molecular flexibility index (Phi) is 5.14. The molecule has 0 aromatic heterocycles. The maximum atomic E-state index is 3.49. The minimum Gasteiger partial charge on any atom is -0.303 e. The van der Waals surface area contributed by atoms with E-state index < -0.39 is 0 Å². The summed E-state index contributed by atoms with van der Waals surface area (Å²) in [7, 11) is 0. The van der Waals surface area contributed by atoms with Gasteiger partial charge < -0.3 is 10.6 Å². The van der Waals surface area contributed by atoms with Gasteiger partial charge in [0.2, 0.25) is 0 Å². The number of hydrogen-bond acceptors (Lipinski definition) is 4. The second-order valence-corrected chi connectivity index (χ2v) is 7.47. The van der Waals surface area contributed by atoms with Gasteiger partial charge in [-0.05, 0) is 46.6 Å². The van der Waals surface area contributed by atoms with Crippen LogP contribution in [0.5, 0.6) is 0 Å². The number of nitrogens with zero attached hydrogens (tertiary/aromatic N) is 2. The zero-order chi connectivity index (χ0) is 15.7. The first-order valence-electron chi connectivity index (χ1n) is 8.44. The van der Waals surface area contributed by atoms with Crippen LogP contribution in [0.4, 0.5) is 0 Å². The van der Waals surface area contributed by atoms with Gasteiger partial charge in [-0.2, -0.15) is 0 Å². The van der Waals surface area contributed by atoms with Crippen molar-refractivity contribution in [3.63, 3.8) is 0 Å². The SMILES string of the molecule is CCC(C)=C(C(C)(C)N1CCNC1)C(C)(C)N1CCNC1. The Morgan fingerprint density at radius 2 is 1.33 bits per heavy atom. The molecule has 0 atom stereocenters. The van der Waals surface area contributed by atoms with Crippen LogP contribution in [0.25, 0.3) is 0 Å². The summed E-state index contributed by atoms with van der Waals surface area (Å²) >= 11 is 0. The Balaban J connectivity index is 2.38. The molecule has 0 aromatic carbocycles. The molecule has 0 spiro atoms. The molecule has 2 aliphatic heterocycles. The first-order chi connectivity index (χ1) is 9.81. The molecule has 2 rings (SSSR count). The van der Waals surface area contributed by atoms with E-state index in [1.54, 1.807) is 11.1 Å². The molecule has 0 unspecified atom stereocenters. The van der Waals surface area contributed by atoms with Gasteiger partial charge in [0.25, 0.3) is 0 Å². The minimum absolute atomic E-state index is 0.0929. The lowest BCUT2D eigenvalue weighted by atomic mass is 9.75. The fraction of sp³-hybridized carbons (Fsp3) is 0.882. The molecule has 0 saturated carbocycles. The van der Waals surface area contributed by atoms with E-state index in [-0.39, 0.29) is 11.1 Å². The van der Waals surface area contributed by atoms with E-state index in [0.29, 0.717) is 0 Å². The molecule has 4 nitrogen and oxygen atoms in total. The molecule has 2 fully saturated rings. The van der Waals surface area contributed by atoms with Gasteiger partial charge in [0, 0.05) is 50.6 Å². The van der Waals surface area contributed by atoms with E-state index in [2.05, 4.69) is 62.0 Å². The zero-order valence-electron chi connectivity index (χ0n) is 14.8. The third-order valence-electron chi connectivity index (χ3n) is 5.48. The van der Waals surface area contributed by atoms with Crippen molar-refractivity contribution in [1.29, 1.82) is 0 Å². The summed E-state index contributed by atoms with van der Waals surface area (Å²) in [6.45, 7) is 20.7. The second-order valence-electron chi connectivity index (χ2n) is 7.47.